The molecule has 0 aliphatic heterocycles. The molecule has 0 unspecified atom stereocenters. The van der Waals surface area contributed by atoms with Gasteiger partial charge < -0.3 is 9.47 Å². The molecule has 0 spiro atoms. The molecule has 1 saturated carbocycles. The maximum Gasteiger partial charge on any atom is 0.510 e. The van der Waals surface area contributed by atoms with Gasteiger partial charge in [-0.2, -0.15) is 0 Å². The highest BCUT2D eigenvalue weighted by molar-refractivity contribution is 6.17. The van der Waals surface area contributed by atoms with Crippen LogP contribution in [0.2, 0.25) is 0 Å². The third kappa shape index (κ3) is 3.43. The van der Waals surface area contributed by atoms with Crippen LogP contribution >= 0.6 is 11.6 Å². The van der Waals surface area contributed by atoms with Gasteiger partial charge in [-0.15, -0.1) is 0 Å². The van der Waals surface area contributed by atoms with Crippen molar-refractivity contribution in [3.05, 3.63) is 0 Å². The number of rotatable bonds is 2. The minimum absolute atomic E-state index is 0.144. The number of halogens is 1. The third-order valence-electron chi connectivity index (χ3n) is 2.41. The number of alkyl halides is 1. The van der Waals surface area contributed by atoms with E-state index in [4.69, 9.17) is 16.3 Å². The van der Waals surface area contributed by atoms with Gasteiger partial charge in [0.05, 0.1) is 0 Å². The molecule has 0 aromatic carbocycles. The maximum absolute atomic E-state index is 11.0. The lowest BCUT2D eigenvalue weighted by molar-refractivity contribution is -0.0389. The highest BCUT2D eigenvalue weighted by atomic mass is 35.5. The first kappa shape index (κ1) is 10.6. The predicted octanol–water partition coefficient (Wildman–Crippen LogP) is 3.06. The van der Waals surface area contributed by atoms with Gasteiger partial charge in [0.15, 0.2) is 6.07 Å². The molecule has 0 N–H and O–H groups in total. The molecule has 1 rings (SSSR count). The zero-order chi connectivity index (χ0) is 9.73. The molecule has 0 atom stereocenters. The van der Waals surface area contributed by atoms with Crippen molar-refractivity contribution in [3.63, 3.8) is 0 Å². The summed E-state index contributed by atoms with van der Waals surface area (Å²) in [5.41, 5.74) is -0.332. The van der Waals surface area contributed by atoms with Crippen LogP contribution in [-0.2, 0) is 9.47 Å². The Morgan fingerprint density at radius 2 is 2.00 bits per heavy atom. The molecule has 0 saturated heterocycles. The van der Waals surface area contributed by atoms with E-state index in [1.807, 2.05) is 6.92 Å². The van der Waals surface area contributed by atoms with Crippen molar-refractivity contribution < 1.29 is 14.3 Å². The zero-order valence-corrected chi connectivity index (χ0v) is 8.60. The summed E-state index contributed by atoms with van der Waals surface area (Å²) < 4.78 is 9.69. The Kier molecular flexibility index (Phi) is 3.85. The normalized spacial score (nSPS) is 20.8. The number of hydrogen-bond donors (Lipinski definition) is 0. The van der Waals surface area contributed by atoms with Gasteiger partial charge in [-0.05, 0) is 32.6 Å². The molecule has 0 aromatic rings. The Labute approximate surface area is 83.3 Å². The van der Waals surface area contributed by atoms with E-state index in [1.54, 1.807) is 0 Å². The summed E-state index contributed by atoms with van der Waals surface area (Å²) in [6.07, 6.45) is 4.65. The molecule has 1 aliphatic carbocycles. The molecular formula is C9H15ClO3. The van der Waals surface area contributed by atoms with Crippen LogP contribution in [0.25, 0.3) is 0 Å². The molecule has 0 aromatic heterocycles. The molecule has 3 nitrogen and oxygen atoms in total. The van der Waals surface area contributed by atoms with Crippen LogP contribution in [0, 0.1) is 0 Å². The highest BCUT2D eigenvalue weighted by Gasteiger charge is 2.31. The second-order valence-electron chi connectivity index (χ2n) is 3.62. The second kappa shape index (κ2) is 4.70. The van der Waals surface area contributed by atoms with E-state index in [2.05, 4.69) is 4.74 Å². The lowest BCUT2D eigenvalue weighted by Gasteiger charge is -2.32. The molecule has 0 radical (unpaired) electrons. The summed E-state index contributed by atoms with van der Waals surface area (Å²) in [6, 6.07) is -0.144. The third-order valence-corrected chi connectivity index (χ3v) is 2.52. The van der Waals surface area contributed by atoms with Crippen LogP contribution < -0.4 is 0 Å². The van der Waals surface area contributed by atoms with Crippen molar-refractivity contribution in [3.8, 4) is 0 Å². The van der Waals surface area contributed by atoms with Crippen LogP contribution in [0.5, 0.6) is 0 Å². The van der Waals surface area contributed by atoms with E-state index in [0.29, 0.717) is 0 Å². The monoisotopic (exact) mass is 206 g/mol. The van der Waals surface area contributed by atoms with E-state index in [0.717, 1.165) is 25.7 Å². The number of carbonyl (C=O) groups excluding carboxylic acids is 1. The highest BCUT2D eigenvalue weighted by Crippen LogP contribution is 2.31. The van der Waals surface area contributed by atoms with E-state index < -0.39 is 6.16 Å². The van der Waals surface area contributed by atoms with Crippen LogP contribution in [-0.4, -0.2) is 17.8 Å². The summed E-state index contributed by atoms with van der Waals surface area (Å²) in [5, 5.41) is 0. The first-order chi connectivity index (χ1) is 6.16. The fourth-order valence-corrected chi connectivity index (χ4v) is 1.77. The van der Waals surface area contributed by atoms with Crippen LogP contribution in [0.15, 0.2) is 0 Å². The van der Waals surface area contributed by atoms with Crippen molar-refractivity contribution in [1.29, 1.82) is 0 Å². The van der Waals surface area contributed by atoms with Crippen molar-refractivity contribution in [1.82, 2.24) is 0 Å². The quantitative estimate of drug-likeness (QED) is 0.515. The van der Waals surface area contributed by atoms with Crippen molar-refractivity contribution in [2.75, 3.05) is 6.07 Å². The van der Waals surface area contributed by atoms with Gasteiger partial charge in [-0.3, -0.25) is 0 Å². The van der Waals surface area contributed by atoms with Gasteiger partial charge in [0.2, 0.25) is 0 Å². The lowest BCUT2D eigenvalue weighted by Crippen LogP contribution is -2.34. The van der Waals surface area contributed by atoms with Crippen LogP contribution in [0.1, 0.15) is 39.0 Å². The minimum Gasteiger partial charge on any atom is -0.428 e. The Morgan fingerprint density at radius 3 is 2.54 bits per heavy atom. The summed E-state index contributed by atoms with van der Waals surface area (Å²) in [6.45, 7) is 1.95. The average Bonchev–Trinajstić information content (AvgIpc) is 2.04. The molecule has 76 valence electrons. The van der Waals surface area contributed by atoms with Gasteiger partial charge in [0, 0.05) is 0 Å². The molecule has 0 bridgehead atoms. The van der Waals surface area contributed by atoms with E-state index in [9.17, 15) is 4.79 Å². The van der Waals surface area contributed by atoms with Gasteiger partial charge in [0.25, 0.3) is 0 Å². The fraction of sp³-hybridized carbons (Fsp3) is 0.889. The number of hydrogen-bond acceptors (Lipinski definition) is 3. The first-order valence-corrected chi connectivity index (χ1v) is 5.11. The SMILES string of the molecule is CC1(OC(=O)OCCl)CCCCC1. The molecular weight excluding hydrogens is 192 g/mol. The predicted molar refractivity (Wildman–Crippen MR) is 49.8 cm³/mol. The summed E-state index contributed by atoms with van der Waals surface area (Å²) >= 11 is 5.24. The zero-order valence-electron chi connectivity index (χ0n) is 7.85. The molecule has 0 heterocycles. The number of carbonyl (C=O) groups is 1. The largest absolute Gasteiger partial charge is 0.510 e. The smallest absolute Gasteiger partial charge is 0.428 e. The molecule has 1 fully saturated rings. The molecule has 4 heteroatoms. The van der Waals surface area contributed by atoms with E-state index in [-0.39, 0.29) is 11.7 Å². The molecule has 1 aliphatic rings. The van der Waals surface area contributed by atoms with Crippen molar-refractivity contribution >= 4 is 17.8 Å². The number of ether oxygens (including phenoxy) is 2. The van der Waals surface area contributed by atoms with Gasteiger partial charge >= 0.3 is 6.16 Å². The minimum atomic E-state index is -0.653. The fourth-order valence-electron chi connectivity index (χ4n) is 1.68. The lowest BCUT2D eigenvalue weighted by atomic mass is 9.86. The van der Waals surface area contributed by atoms with Crippen molar-refractivity contribution in [2.24, 2.45) is 0 Å². The Hall–Kier alpha value is -0.440. The topological polar surface area (TPSA) is 35.5 Å². The molecule has 0 amide bonds. The van der Waals surface area contributed by atoms with E-state index in [1.165, 1.54) is 6.42 Å². The Morgan fingerprint density at radius 1 is 1.38 bits per heavy atom. The summed E-state index contributed by atoms with van der Waals surface area (Å²) in [4.78, 5) is 11.0. The van der Waals surface area contributed by atoms with E-state index >= 15 is 0 Å². The van der Waals surface area contributed by atoms with Gasteiger partial charge in [-0.25, -0.2) is 4.79 Å². The van der Waals surface area contributed by atoms with Gasteiger partial charge in [0.1, 0.15) is 5.60 Å². The van der Waals surface area contributed by atoms with Gasteiger partial charge in [-0.1, -0.05) is 18.0 Å². The standard InChI is InChI=1S/C9H15ClO3/c1-9(5-3-2-4-6-9)13-8(11)12-7-10/h2-7H2,1H3. The molecule has 13 heavy (non-hydrogen) atoms. The maximum atomic E-state index is 11.0. The summed E-state index contributed by atoms with van der Waals surface area (Å²) in [5.74, 6) is 0. The average molecular weight is 207 g/mol. The Bertz CT molecular complexity index is 176. The van der Waals surface area contributed by atoms with Crippen LogP contribution in [0.3, 0.4) is 0 Å². The Balaban J connectivity index is 2.36. The van der Waals surface area contributed by atoms with Crippen LogP contribution in [0.4, 0.5) is 4.79 Å². The summed E-state index contributed by atoms with van der Waals surface area (Å²) in [7, 11) is 0. The van der Waals surface area contributed by atoms with Crippen molar-refractivity contribution in [2.45, 2.75) is 44.6 Å². The first-order valence-electron chi connectivity index (χ1n) is 4.58. The second-order valence-corrected chi connectivity index (χ2v) is 3.83.